The van der Waals surface area contributed by atoms with Crippen molar-refractivity contribution in [3.63, 3.8) is 0 Å². The molecule has 0 bridgehead atoms. The maximum Gasteiger partial charge on any atom is 0.163 e. The van der Waals surface area contributed by atoms with E-state index in [1.807, 2.05) is 24.3 Å². The maximum absolute atomic E-state index is 5.60. The lowest BCUT2D eigenvalue weighted by Crippen LogP contribution is -2.16. The van der Waals surface area contributed by atoms with E-state index in [0.717, 1.165) is 48.3 Å². The molecule has 1 aliphatic heterocycles. The summed E-state index contributed by atoms with van der Waals surface area (Å²) < 4.78 is 11.1. The van der Waals surface area contributed by atoms with Gasteiger partial charge in [-0.2, -0.15) is 0 Å². The second-order valence-electron chi connectivity index (χ2n) is 5.86. The summed E-state index contributed by atoms with van der Waals surface area (Å²) in [5, 5.41) is 6.58. The van der Waals surface area contributed by atoms with E-state index in [1.54, 1.807) is 6.33 Å². The topological polar surface area (TPSA) is 71.5 Å². The summed E-state index contributed by atoms with van der Waals surface area (Å²) in [6, 6.07) is 7.66. The van der Waals surface area contributed by atoms with Crippen LogP contribution in [-0.4, -0.2) is 55.3 Å². The molecule has 1 aromatic carbocycles. The van der Waals surface area contributed by atoms with Crippen LogP contribution < -0.4 is 20.1 Å². The molecule has 2 N–H and O–H groups in total. The van der Waals surface area contributed by atoms with Gasteiger partial charge >= 0.3 is 0 Å². The Bertz CT molecular complexity index is 678. The van der Waals surface area contributed by atoms with Gasteiger partial charge in [-0.15, -0.1) is 0 Å². The van der Waals surface area contributed by atoms with Crippen LogP contribution in [0.5, 0.6) is 11.5 Å². The molecule has 7 heteroatoms. The Morgan fingerprint density at radius 2 is 1.83 bits per heavy atom. The van der Waals surface area contributed by atoms with E-state index < -0.39 is 0 Å². The lowest BCUT2D eigenvalue weighted by atomic mass is 10.2. The Balaban J connectivity index is 1.60. The maximum atomic E-state index is 5.60. The number of hydrogen-bond donors (Lipinski definition) is 2. The molecule has 128 valence electrons. The Labute approximate surface area is 142 Å². The Kier molecular flexibility index (Phi) is 5.32. The number of benzene rings is 1. The Hall–Kier alpha value is -2.54. The van der Waals surface area contributed by atoms with Gasteiger partial charge in [0, 0.05) is 24.4 Å². The monoisotopic (exact) mass is 329 g/mol. The average molecular weight is 329 g/mol. The summed E-state index contributed by atoms with van der Waals surface area (Å²) in [7, 11) is 4.14. The van der Waals surface area contributed by atoms with E-state index in [-0.39, 0.29) is 0 Å². The highest BCUT2D eigenvalue weighted by Crippen LogP contribution is 2.33. The van der Waals surface area contributed by atoms with Gasteiger partial charge in [0.1, 0.15) is 31.2 Å². The molecule has 24 heavy (non-hydrogen) atoms. The number of anilines is 3. The van der Waals surface area contributed by atoms with Gasteiger partial charge in [0.05, 0.1) is 0 Å². The molecule has 1 aromatic heterocycles. The van der Waals surface area contributed by atoms with E-state index in [2.05, 4.69) is 39.6 Å². The first-order chi connectivity index (χ1) is 11.7. The minimum atomic E-state index is 0.574. The van der Waals surface area contributed by atoms with E-state index in [1.165, 1.54) is 0 Å². The molecule has 7 nitrogen and oxygen atoms in total. The first-order valence-electron chi connectivity index (χ1n) is 8.08. The van der Waals surface area contributed by atoms with Crippen molar-refractivity contribution in [3.05, 3.63) is 30.6 Å². The molecule has 0 radical (unpaired) electrons. The zero-order valence-electron chi connectivity index (χ0n) is 14.1. The van der Waals surface area contributed by atoms with Crippen LogP contribution >= 0.6 is 0 Å². The van der Waals surface area contributed by atoms with Crippen LogP contribution in [0.4, 0.5) is 17.3 Å². The summed E-state index contributed by atoms with van der Waals surface area (Å²) in [5.41, 5.74) is 0.900. The lowest BCUT2D eigenvalue weighted by molar-refractivity contribution is 0.171. The quantitative estimate of drug-likeness (QED) is 0.756. The molecule has 0 unspecified atom stereocenters. The second kappa shape index (κ2) is 7.83. The van der Waals surface area contributed by atoms with Crippen molar-refractivity contribution in [2.24, 2.45) is 0 Å². The van der Waals surface area contributed by atoms with Crippen molar-refractivity contribution in [3.8, 4) is 11.5 Å². The van der Waals surface area contributed by atoms with Gasteiger partial charge in [0.2, 0.25) is 0 Å². The van der Waals surface area contributed by atoms with E-state index >= 15 is 0 Å². The fraction of sp³-hybridized carbons (Fsp3) is 0.412. The molecule has 3 rings (SSSR count). The highest BCUT2D eigenvalue weighted by atomic mass is 16.6. The van der Waals surface area contributed by atoms with Crippen molar-refractivity contribution in [1.82, 2.24) is 14.9 Å². The van der Waals surface area contributed by atoms with E-state index in [4.69, 9.17) is 9.47 Å². The average Bonchev–Trinajstić information content (AvgIpc) is 2.59. The van der Waals surface area contributed by atoms with Crippen LogP contribution in [0.2, 0.25) is 0 Å². The van der Waals surface area contributed by atoms with Crippen LogP contribution in [0.3, 0.4) is 0 Å². The largest absolute Gasteiger partial charge is 0.486 e. The molecule has 2 aromatic rings. The molecule has 0 fully saturated rings. The summed E-state index contributed by atoms with van der Waals surface area (Å²) in [6.45, 7) is 3.08. The second-order valence-corrected chi connectivity index (χ2v) is 5.86. The van der Waals surface area contributed by atoms with Gasteiger partial charge in [-0.25, -0.2) is 9.97 Å². The number of rotatable bonds is 7. The van der Waals surface area contributed by atoms with Gasteiger partial charge in [-0.05, 0) is 39.2 Å². The van der Waals surface area contributed by atoms with Crippen molar-refractivity contribution in [2.75, 3.05) is 51.0 Å². The van der Waals surface area contributed by atoms with Crippen molar-refractivity contribution in [1.29, 1.82) is 0 Å². The molecule has 0 atom stereocenters. The van der Waals surface area contributed by atoms with Crippen LogP contribution in [0.25, 0.3) is 0 Å². The van der Waals surface area contributed by atoms with E-state index in [0.29, 0.717) is 13.2 Å². The fourth-order valence-corrected chi connectivity index (χ4v) is 2.40. The molecular weight excluding hydrogens is 306 g/mol. The molecule has 0 amide bonds. The van der Waals surface area contributed by atoms with Crippen LogP contribution in [0.1, 0.15) is 6.42 Å². The molecule has 0 spiro atoms. The normalized spacial score (nSPS) is 13.0. The third-order valence-corrected chi connectivity index (χ3v) is 3.57. The van der Waals surface area contributed by atoms with Crippen molar-refractivity contribution in [2.45, 2.75) is 6.42 Å². The Morgan fingerprint density at radius 1 is 1.04 bits per heavy atom. The number of fused-ring (bicyclic) bond motifs is 1. The van der Waals surface area contributed by atoms with Gasteiger partial charge < -0.3 is 25.0 Å². The minimum Gasteiger partial charge on any atom is -0.486 e. The fourth-order valence-electron chi connectivity index (χ4n) is 2.40. The predicted octanol–water partition coefficient (Wildman–Crippen LogP) is 2.35. The van der Waals surface area contributed by atoms with Crippen molar-refractivity contribution >= 4 is 17.3 Å². The molecule has 0 saturated carbocycles. The summed E-state index contributed by atoms with van der Waals surface area (Å²) in [6.07, 6.45) is 2.61. The summed E-state index contributed by atoms with van der Waals surface area (Å²) in [4.78, 5) is 10.7. The van der Waals surface area contributed by atoms with Gasteiger partial charge in [0.25, 0.3) is 0 Å². The third kappa shape index (κ3) is 4.48. The highest BCUT2D eigenvalue weighted by Gasteiger charge is 2.12. The van der Waals surface area contributed by atoms with Gasteiger partial charge in [-0.3, -0.25) is 0 Å². The minimum absolute atomic E-state index is 0.574. The zero-order valence-corrected chi connectivity index (χ0v) is 14.1. The van der Waals surface area contributed by atoms with Crippen LogP contribution in [0.15, 0.2) is 30.6 Å². The Morgan fingerprint density at radius 3 is 2.67 bits per heavy atom. The highest BCUT2D eigenvalue weighted by molar-refractivity contribution is 5.63. The SMILES string of the molecule is CN(C)CCCNc1cc(Nc2ccc3c(c2)OCCO3)ncn1. The molecule has 2 heterocycles. The smallest absolute Gasteiger partial charge is 0.163 e. The van der Waals surface area contributed by atoms with E-state index in [9.17, 15) is 0 Å². The third-order valence-electron chi connectivity index (χ3n) is 3.57. The number of hydrogen-bond acceptors (Lipinski definition) is 7. The first-order valence-corrected chi connectivity index (χ1v) is 8.08. The van der Waals surface area contributed by atoms with Gasteiger partial charge in [-0.1, -0.05) is 0 Å². The van der Waals surface area contributed by atoms with Crippen LogP contribution in [-0.2, 0) is 0 Å². The first kappa shape index (κ1) is 16.3. The summed E-state index contributed by atoms with van der Waals surface area (Å²) in [5.74, 6) is 3.07. The zero-order chi connectivity index (χ0) is 16.8. The predicted molar refractivity (Wildman–Crippen MR) is 94.4 cm³/mol. The molecule has 0 saturated heterocycles. The molecule has 0 aliphatic carbocycles. The number of nitrogens with one attached hydrogen (secondary N) is 2. The number of nitrogens with zero attached hydrogens (tertiary/aromatic N) is 3. The standard InChI is InChI=1S/C17H23N5O2/c1-22(2)7-3-6-18-16-11-17(20-12-19-16)21-13-4-5-14-15(10-13)24-9-8-23-14/h4-5,10-12H,3,6-9H2,1-2H3,(H2,18,19,20,21). The summed E-state index contributed by atoms with van der Waals surface area (Å²) >= 11 is 0. The molecule has 1 aliphatic rings. The van der Waals surface area contributed by atoms with Crippen LogP contribution in [0, 0.1) is 0 Å². The lowest BCUT2D eigenvalue weighted by Gasteiger charge is -2.19. The van der Waals surface area contributed by atoms with Crippen molar-refractivity contribution < 1.29 is 9.47 Å². The molecular formula is C17H23N5O2. The van der Waals surface area contributed by atoms with Gasteiger partial charge in [0.15, 0.2) is 11.5 Å². The number of ether oxygens (including phenoxy) is 2. The number of aromatic nitrogens is 2.